The molecule has 2 atom stereocenters. The van der Waals surface area contributed by atoms with E-state index in [1.807, 2.05) is 11.5 Å². The summed E-state index contributed by atoms with van der Waals surface area (Å²) in [5, 5.41) is 7.96. The van der Waals surface area contributed by atoms with Crippen LogP contribution >= 0.6 is 11.6 Å². The fourth-order valence-electron chi connectivity index (χ4n) is 4.64. The van der Waals surface area contributed by atoms with Gasteiger partial charge in [0.25, 0.3) is 11.8 Å². The van der Waals surface area contributed by atoms with E-state index in [4.69, 9.17) is 22.1 Å². The third kappa shape index (κ3) is 4.90. The third-order valence-electron chi connectivity index (χ3n) is 6.35. The lowest BCUT2D eigenvalue weighted by molar-refractivity contribution is -0.130. The van der Waals surface area contributed by atoms with E-state index >= 15 is 0 Å². The zero-order valence-electron chi connectivity index (χ0n) is 20.7. The second-order valence-corrected chi connectivity index (χ2v) is 9.00. The van der Waals surface area contributed by atoms with Crippen LogP contribution < -0.4 is 11.1 Å². The second-order valence-electron chi connectivity index (χ2n) is 8.59. The Hall–Kier alpha value is -3.88. The average molecular weight is 528 g/mol. The largest absolute Gasteiger partial charge is 0.383 e. The van der Waals surface area contributed by atoms with Crippen LogP contribution in [0.1, 0.15) is 41.0 Å². The molecule has 2 amide bonds. The standard InChI is InChI=1S/C25H27ClFN7O3/c1-5-32-13-30-20-8-15(18(26)10-21(20)32)6-7-19-22(23(28)35)24(29-3)34(31-19)16-9-17(12-37-4)33(11-16)25(36)14(2)27/h8,10,13,16-17,29H,2,5,9,11-12H2,1,3-4H3,(H2,28,35)/t16-,17+/m0/s1. The predicted molar refractivity (Wildman–Crippen MR) is 138 cm³/mol. The maximum absolute atomic E-state index is 13.7. The quantitative estimate of drug-likeness (QED) is 0.360. The maximum atomic E-state index is 13.7. The van der Waals surface area contributed by atoms with Crippen molar-refractivity contribution in [1.29, 1.82) is 0 Å². The molecule has 0 radical (unpaired) electrons. The second kappa shape index (κ2) is 10.6. The van der Waals surface area contributed by atoms with Crippen LogP contribution in [0.25, 0.3) is 11.0 Å². The highest BCUT2D eigenvalue weighted by molar-refractivity contribution is 6.32. The first-order chi connectivity index (χ1) is 17.7. The number of aryl methyl sites for hydroxylation is 1. The van der Waals surface area contributed by atoms with Gasteiger partial charge in [-0.2, -0.15) is 5.10 Å². The molecule has 2 aromatic heterocycles. The number of nitrogens with zero attached hydrogens (tertiary/aromatic N) is 5. The Kier molecular flexibility index (Phi) is 7.52. The van der Waals surface area contributed by atoms with Crippen molar-refractivity contribution < 1.29 is 18.7 Å². The molecule has 10 nitrogen and oxygen atoms in total. The molecule has 1 aliphatic heterocycles. The van der Waals surface area contributed by atoms with E-state index in [-0.39, 0.29) is 24.4 Å². The van der Waals surface area contributed by atoms with Gasteiger partial charge in [-0.05, 0) is 31.4 Å². The molecule has 0 unspecified atom stereocenters. The number of methoxy groups -OCH3 is 1. The summed E-state index contributed by atoms with van der Waals surface area (Å²) in [6.45, 7) is 6.22. The smallest absolute Gasteiger partial charge is 0.282 e. The third-order valence-corrected chi connectivity index (χ3v) is 6.66. The predicted octanol–water partition coefficient (Wildman–Crippen LogP) is 2.72. The topological polar surface area (TPSA) is 120 Å². The minimum absolute atomic E-state index is 0.102. The Morgan fingerprint density at radius 3 is 2.76 bits per heavy atom. The lowest BCUT2D eigenvalue weighted by Gasteiger charge is -2.22. The molecule has 0 saturated carbocycles. The fourth-order valence-corrected chi connectivity index (χ4v) is 4.84. The number of primary amides is 1. The number of anilines is 1. The van der Waals surface area contributed by atoms with Gasteiger partial charge < -0.3 is 25.3 Å². The molecule has 4 rings (SSSR count). The monoisotopic (exact) mass is 527 g/mol. The number of fused-ring (bicyclic) bond motifs is 1. The molecule has 1 aromatic carbocycles. The van der Waals surface area contributed by atoms with E-state index in [1.54, 1.807) is 30.2 Å². The number of halogens is 2. The zero-order chi connectivity index (χ0) is 26.9. The van der Waals surface area contributed by atoms with Gasteiger partial charge in [0.15, 0.2) is 11.5 Å². The highest BCUT2D eigenvalue weighted by Crippen LogP contribution is 2.33. The van der Waals surface area contributed by atoms with Crippen LogP contribution in [0.3, 0.4) is 0 Å². The van der Waals surface area contributed by atoms with Crippen molar-refractivity contribution in [3.63, 3.8) is 0 Å². The molecule has 3 aromatic rings. The van der Waals surface area contributed by atoms with Gasteiger partial charge in [-0.3, -0.25) is 9.59 Å². The summed E-state index contributed by atoms with van der Waals surface area (Å²) in [5.41, 5.74) is 8.10. The normalized spacial score (nSPS) is 17.1. The van der Waals surface area contributed by atoms with E-state index in [1.165, 1.54) is 12.0 Å². The van der Waals surface area contributed by atoms with Crippen LogP contribution in [0.2, 0.25) is 5.02 Å². The number of rotatable bonds is 7. The number of hydrogen-bond acceptors (Lipinski definition) is 6. The molecule has 12 heteroatoms. The molecule has 3 heterocycles. The van der Waals surface area contributed by atoms with Crippen LogP contribution in [0.5, 0.6) is 0 Å². The molecule has 194 valence electrons. The molecule has 1 saturated heterocycles. The summed E-state index contributed by atoms with van der Waals surface area (Å²) in [5.74, 6) is 3.66. The SMILES string of the molecule is C=C(F)C(=O)N1C[C@@H](n2nc(C#Cc3cc4ncn(CC)c4cc3Cl)c(C(N)=O)c2NC)C[C@@H]1COC. The summed E-state index contributed by atoms with van der Waals surface area (Å²) >= 11 is 6.48. The van der Waals surface area contributed by atoms with Gasteiger partial charge in [0, 0.05) is 32.8 Å². The van der Waals surface area contributed by atoms with Crippen molar-refractivity contribution in [1.82, 2.24) is 24.2 Å². The summed E-state index contributed by atoms with van der Waals surface area (Å²) in [6.07, 6.45) is 2.14. The first-order valence-electron chi connectivity index (χ1n) is 11.6. The Balaban J connectivity index is 1.74. The summed E-state index contributed by atoms with van der Waals surface area (Å²) in [4.78, 5) is 30.6. The zero-order valence-corrected chi connectivity index (χ0v) is 21.5. The number of aromatic nitrogens is 4. The molecular formula is C25H27ClFN7O3. The van der Waals surface area contributed by atoms with E-state index in [0.717, 1.165) is 17.6 Å². The lowest BCUT2D eigenvalue weighted by Crippen LogP contribution is -2.38. The molecule has 0 aliphatic carbocycles. The average Bonchev–Trinajstić information content (AvgIpc) is 3.56. The van der Waals surface area contributed by atoms with Gasteiger partial charge in [-0.25, -0.2) is 14.1 Å². The van der Waals surface area contributed by atoms with Gasteiger partial charge in [-0.15, -0.1) is 0 Å². The number of likely N-dealkylation sites (tertiary alicyclic amines) is 1. The van der Waals surface area contributed by atoms with Crippen LogP contribution in [-0.2, 0) is 16.1 Å². The Morgan fingerprint density at radius 1 is 1.38 bits per heavy atom. The van der Waals surface area contributed by atoms with Gasteiger partial charge in [0.05, 0.1) is 41.1 Å². The molecule has 1 fully saturated rings. The van der Waals surface area contributed by atoms with Crippen molar-refractivity contribution >= 4 is 40.3 Å². The Morgan fingerprint density at radius 2 is 2.14 bits per heavy atom. The number of ether oxygens (including phenoxy) is 1. The molecule has 0 bridgehead atoms. The van der Waals surface area contributed by atoms with Crippen LogP contribution in [0.4, 0.5) is 10.2 Å². The molecule has 3 N–H and O–H groups in total. The van der Waals surface area contributed by atoms with Crippen molar-refractivity contribution in [2.75, 3.05) is 32.6 Å². The van der Waals surface area contributed by atoms with Gasteiger partial charge in [0.1, 0.15) is 11.4 Å². The minimum atomic E-state index is -1.06. The molecule has 1 aliphatic rings. The molecule has 37 heavy (non-hydrogen) atoms. The number of nitrogens with two attached hydrogens (primary N) is 1. The number of amides is 2. The first kappa shape index (κ1) is 26.2. The lowest BCUT2D eigenvalue weighted by atomic mass is 10.1. The van der Waals surface area contributed by atoms with Crippen molar-refractivity contribution in [2.45, 2.75) is 32.0 Å². The highest BCUT2D eigenvalue weighted by Gasteiger charge is 2.39. The van der Waals surface area contributed by atoms with E-state index in [9.17, 15) is 14.0 Å². The van der Waals surface area contributed by atoms with Crippen molar-refractivity contribution in [2.24, 2.45) is 5.73 Å². The van der Waals surface area contributed by atoms with Crippen LogP contribution in [0, 0.1) is 11.8 Å². The first-order valence-corrected chi connectivity index (χ1v) is 12.0. The number of nitrogens with one attached hydrogen (secondary N) is 1. The summed E-state index contributed by atoms with van der Waals surface area (Å²) in [7, 11) is 3.13. The summed E-state index contributed by atoms with van der Waals surface area (Å²) < 4.78 is 22.4. The number of carbonyl (C=O) groups is 2. The molecule has 0 spiro atoms. The van der Waals surface area contributed by atoms with Crippen LogP contribution in [-0.4, -0.2) is 69.4 Å². The number of imidazole rings is 1. The Labute approximate surface area is 218 Å². The maximum Gasteiger partial charge on any atom is 0.282 e. The number of benzene rings is 1. The molecular weight excluding hydrogens is 501 g/mol. The Bertz CT molecular complexity index is 1450. The van der Waals surface area contributed by atoms with E-state index < -0.39 is 29.7 Å². The highest BCUT2D eigenvalue weighted by atomic mass is 35.5. The van der Waals surface area contributed by atoms with E-state index in [2.05, 4.69) is 33.8 Å². The van der Waals surface area contributed by atoms with Crippen molar-refractivity contribution in [3.05, 3.63) is 52.7 Å². The van der Waals surface area contributed by atoms with Gasteiger partial charge in [-0.1, -0.05) is 24.1 Å². The number of hydrogen-bond donors (Lipinski definition) is 2. The van der Waals surface area contributed by atoms with Gasteiger partial charge in [0.2, 0.25) is 0 Å². The fraction of sp³-hybridized carbons (Fsp3) is 0.360. The van der Waals surface area contributed by atoms with Crippen molar-refractivity contribution in [3.8, 4) is 11.8 Å². The van der Waals surface area contributed by atoms with Crippen LogP contribution in [0.15, 0.2) is 30.9 Å². The van der Waals surface area contributed by atoms with E-state index in [0.29, 0.717) is 22.8 Å². The summed E-state index contributed by atoms with van der Waals surface area (Å²) in [6, 6.07) is 2.78. The van der Waals surface area contributed by atoms with Gasteiger partial charge >= 0.3 is 0 Å². The minimum Gasteiger partial charge on any atom is -0.383 e. The number of carbonyl (C=O) groups excluding carboxylic acids is 2.